The van der Waals surface area contributed by atoms with Crippen molar-refractivity contribution in [2.24, 2.45) is 5.92 Å². The minimum absolute atomic E-state index is 0.0223. The van der Waals surface area contributed by atoms with Crippen LogP contribution in [0.5, 0.6) is 0 Å². The van der Waals surface area contributed by atoms with Gasteiger partial charge in [-0.3, -0.25) is 14.5 Å². The van der Waals surface area contributed by atoms with Crippen molar-refractivity contribution in [1.29, 1.82) is 0 Å². The zero-order chi connectivity index (χ0) is 23.5. The number of piperazine rings is 1. The summed E-state index contributed by atoms with van der Waals surface area (Å²) in [5, 5.41) is 3.93. The molecule has 0 aromatic heterocycles. The Morgan fingerprint density at radius 3 is 2.35 bits per heavy atom. The van der Waals surface area contributed by atoms with Gasteiger partial charge in [0, 0.05) is 26.2 Å². The Morgan fingerprint density at radius 1 is 0.882 bits per heavy atom. The summed E-state index contributed by atoms with van der Waals surface area (Å²) < 4.78 is 0. The normalized spacial score (nSPS) is 22.3. The van der Waals surface area contributed by atoms with Gasteiger partial charge in [0.25, 0.3) is 5.91 Å². The van der Waals surface area contributed by atoms with Crippen molar-refractivity contribution < 1.29 is 9.59 Å². The van der Waals surface area contributed by atoms with Crippen LogP contribution in [0, 0.1) is 5.92 Å². The van der Waals surface area contributed by atoms with Crippen LogP contribution in [0.3, 0.4) is 0 Å². The van der Waals surface area contributed by atoms with E-state index in [0.717, 1.165) is 32.1 Å². The van der Waals surface area contributed by atoms with E-state index in [1.54, 1.807) is 12.1 Å². The summed E-state index contributed by atoms with van der Waals surface area (Å²) in [5.41, 5.74) is 3.20. The predicted octanol–water partition coefficient (Wildman–Crippen LogP) is 4.85. The van der Waals surface area contributed by atoms with E-state index in [-0.39, 0.29) is 23.9 Å². The van der Waals surface area contributed by atoms with Gasteiger partial charge in [-0.25, -0.2) is 0 Å². The van der Waals surface area contributed by atoms with Crippen molar-refractivity contribution in [3.05, 3.63) is 70.2 Å². The molecule has 2 unspecified atom stereocenters. The maximum Gasteiger partial charge on any atom is 0.255 e. The lowest BCUT2D eigenvalue weighted by atomic mass is 9.87. The Balaban J connectivity index is 1.27. The van der Waals surface area contributed by atoms with Crippen molar-refractivity contribution in [2.45, 2.75) is 57.0 Å². The molecule has 2 aromatic rings. The first-order valence-electron chi connectivity index (χ1n) is 12.8. The summed E-state index contributed by atoms with van der Waals surface area (Å²) in [5.74, 6) is 0.537. The summed E-state index contributed by atoms with van der Waals surface area (Å²) in [7, 11) is 0. The lowest BCUT2D eigenvalue weighted by molar-refractivity contribution is -0.130. The van der Waals surface area contributed by atoms with Crippen LogP contribution in [-0.2, 0) is 11.2 Å². The summed E-state index contributed by atoms with van der Waals surface area (Å²) >= 11 is 6.26. The highest BCUT2D eigenvalue weighted by Crippen LogP contribution is 2.34. The van der Waals surface area contributed by atoms with E-state index in [1.807, 2.05) is 17.0 Å². The molecule has 1 heterocycles. The van der Waals surface area contributed by atoms with Gasteiger partial charge in [-0.1, -0.05) is 60.8 Å². The number of rotatable bonds is 5. The molecule has 6 heteroatoms. The average molecular weight is 480 g/mol. The highest BCUT2D eigenvalue weighted by Gasteiger charge is 2.38. The number of nitrogens with one attached hydrogen (secondary N) is 1. The Hall–Kier alpha value is -2.37. The van der Waals surface area contributed by atoms with E-state index in [0.29, 0.717) is 42.7 Å². The van der Waals surface area contributed by atoms with Gasteiger partial charge in [0.05, 0.1) is 22.7 Å². The molecule has 0 spiro atoms. The summed E-state index contributed by atoms with van der Waals surface area (Å²) in [4.78, 5) is 31.0. The van der Waals surface area contributed by atoms with Crippen LogP contribution in [0.2, 0.25) is 5.02 Å². The zero-order valence-corrected chi connectivity index (χ0v) is 20.5. The Labute approximate surface area is 207 Å². The second-order valence-corrected chi connectivity index (χ2v) is 10.4. The lowest BCUT2D eigenvalue weighted by Gasteiger charge is -2.41. The maximum absolute atomic E-state index is 13.7. The third-order valence-electron chi connectivity index (χ3n) is 7.90. The van der Waals surface area contributed by atoms with E-state index in [1.165, 1.54) is 24.0 Å². The molecule has 34 heavy (non-hydrogen) atoms. The molecule has 1 N–H and O–H groups in total. The number of nitrogens with zero attached hydrogens (tertiary/aromatic N) is 2. The van der Waals surface area contributed by atoms with Crippen LogP contribution in [0.15, 0.2) is 48.5 Å². The van der Waals surface area contributed by atoms with Crippen molar-refractivity contribution in [1.82, 2.24) is 15.1 Å². The van der Waals surface area contributed by atoms with Crippen LogP contribution < -0.4 is 5.32 Å². The van der Waals surface area contributed by atoms with Crippen LogP contribution in [-0.4, -0.2) is 53.8 Å². The summed E-state index contributed by atoms with van der Waals surface area (Å²) in [6.45, 7) is 2.66. The number of fused-ring (bicyclic) bond motifs is 1. The van der Waals surface area contributed by atoms with Crippen LogP contribution in [0.4, 0.5) is 0 Å². The van der Waals surface area contributed by atoms with E-state index >= 15 is 0 Å². The monoisotopic (exact) mass is 479 g/mol. The van der Waals surface area contributed by atoms with Crippen molar-refractivity contribution in [2.75, 3.05) is 26.2 Å². The second-order valence-electron chi connectivity index (χ2n) is 9.95. The number of benzene rings is 2. The quantitative estimate of drug-likeness (QED) is 0.666. The first-order chi connectivity index (χ1) is 16.6. The molecule has 2 aliphatic carbocycles. The maximum atomic E-state index is 13.7. The fourth-order valence-electron chi connectivity index (χ4n) is 6.12. The van der Waals surface area contributed by atoms with Crippen LogP contribution >= 0.6 is 11.6 Å². The minimum Gasteiger partial charge on any atom is -0.348 e. The standard InChI is InChI=1S/C28H34ClN3O2/c29-24-14-6-5-13-23(24)28(34)32-18-16-31(17-19-32)26(21-9-1-2-10-21)27(33)30-25-15-7-11-20-8-3-4-12-22(20)25/h3-6,8,12-14,21,25-26H,1-2,7,9-11,15-19H2,(H,30,33). The molecule has 3 aliphatic rings. The van der Waals surface area contributed by atoms with Crippen molar-refractivity contribution >= 4 is 23.4 Å². The molecule has 2 atom stereocenters. The van der Waals surface area contributed by atoms with Crippen molar-refractivity contribution in [3.8, 4) is 0 Å². The van der Waals surface area contributed by atoms with Gasteiger partial charge in [0.2, 0.25) is 5.91 Å². The molecule has 2 aromatic carbocycles. The topological polar surface area (TPSA) is 52.7 Å². The second kappa shape index (κ2) is 10.5. The largest absolute Gasteiger partial charge is 0.348 e. The SMILES string of the molecule is O=C(NC1CCCc2ccccc21)C(C1CCCC1)N1CCN(C(=O)c2ccccc2Cl)CC1. The molecule has 2 fully saturated rings. The summed E-state index contributed by atoms with van der Waals surface area (Å²) in [6, 6.07) is 15.7. The van der Waals surface area contributed by atoms with Gasteiger partial charge in [-0.05, 0) is 61.3 Å². The van der Waals surface area contributed by atoms with Crippen molar-refractivity contribution in [3.63, 3.8) is 0 Å². The Bertz CT molecular complexity index is 1030. The number of aryl methyl sites for hydroxylation is 1. The first-order valence-corrected chi connectivity index (χ1v) is 13.2. The number of halogens is 1. The fourth-order valence-corrected chi connectivity index (χ4v) is 6.34. The molecule has 2 amide bonds. The van der Waals surface area contributed by atoms with Gasteiger partial charge in [-0.2, -0.15) is 0 Å². The molecule has 180 valence electrons. The minimum atomic E-state index is -0.117. The number of carbonyl (C=O) groups is 2. The molecule has 5 rings (SSSR count). The molecule has 0 bridgehead atoms. The molecule has 1 saturated heterocycles. The number of hydrogen-bond donors (Lipinski definition) is 1. The number of amides is 2. The predicted molar refractivity (Wildman–Crippen MR) is 135 cm³/mol. The molecule has 0 radical (unpaired) electrons. The fraction of sp³-hybridized carbons (Fsp3) is 0.500. The molecule has 1 saturated carbocycles. The van der Waals surface area contributed by atoms with E-state index in [4.69, 9.17) is 11.6 Å². The van der Waals surface area contributed by atoms with Gasteiger partial charge in [0.15, 0.2) is 0 Å². The van der Waals surface area contributed by atoms with Crippen LogP contribution in [0.1, 0.15) is 66.1 Å². The van der Waals surface area contributed by atoms with Gasteiger partial charge >= 0.3 is 0 Å². The highest BCUT2D eigenvalue weighted by molar-refractivity contribution is 6.33. The number of hydrogen-bond acceptors (Lipinski definition) is 3. The van der Waals surface area contributed by atoms with E-state index in [9.17, 15) is 9.59 Å². The van der Waals surface area contributed by atoms with E-state index in [2.05, 4.69) is 34.5 Å². The Kier molecular flexibility index (Phi) is 7.21. The van der Waals surface area contributed by atoms with Gasteiger partial charge < -0.3 is 10.2 Å². The lowest BCUT2D eigenvalue weighted by Crippen LogP contribution is -2.58. The third-order valence-corrected chi connectivity index (χ3v) is 8.23. The number of carbonyl (C=O) groups excluding carboxylic acids is 2. The van der Waals surface area contributed by atoms with Crippen LogP contribution in [0.25, 0.3) is 0 Å². The van der Waals surface area contributed by atoms with E-state index < -0.39 is 0 Å². The molecule has 5 nitrogen and oxygen atoms in total. The Morgan fingerprint density at radius 2 is 1.59 bits per heavy atom. The highest BCUT2D eigenvalue weighted by atomic mass is 35.5. The average Bonchev–Trinajstić information content (AvgIpc) is 3.39. The summed E-state index contributed by atoms with van der Waals surface area (Å²) in [6.07, 6.45) is 7.82. The third kappa shape index (κ3) is 4.87. The molecule has 1 aliphatic heterocycles. The smallest absolute Gasteiger partial charge is 0.255 e. The van der Waals surface area contributed by atoms with Gasteiger partial charge in [-0.15, -0.1) is 0 Å². The zero-order valence-electron chi connectivity index (χ0n) is 19.7. The molecular formula is C28H34ClN3O2. The van der Waals surface area contributed by atoms with Gasteiger partial charge in [0.1, 0.15) is 0 Å². The first kappa shape index (κ1) is 23.4. The molecular weight excluding hydrogens is 446 g/mol.